The van der Waals surface area contributed by atoms with Gasteiger partial charge in [-0.2, -0.15) is 13.2 Å². The number of rotatable bonds is 1. The zero-order valence-corrected chi connectivity index (χ0v) is 9.61. The minimum atomic E-state index is -4.41. The lowest BCUT2D eigenvalue weighted by Crippen LogP contribution is -2.30. The van der Waals surface area contributed by atoms with Crippen LogP contribution < -0.4 is 10.2 Å². The first-order chi connectivity index (χ1) is 8.54. The highest BCUT2D eigenvalue weighted by Crippen LogP contribution is 2.32. The maximum absolute atomic E-state index is 12.6. The Balaban J connectivity index is 1.81. The van der Waals surface area contributed by atoms with E-state index in [9.17, 15) is 13.2 Å². The molecule has 1 aromatic heterocycles. The zero-order chi connectivity index (χ0) is 12.8. The average Bonchev–Trinajstić information content (AvgIpc) is 2.88. The van der Waals surface area contributed by atoms with Crippen LogP contribution in [0.4, 0.5) is 19.0 Å². The Morgan fingerprint density at radius 1 is 1.28 bits per heavy atom. The van der Waals surface area contributed by atoms with Crippen molar-refractivity contribution in [2.24, 2.45) is 5.92 Å². The average molecular weight is 258 g/mol. The minimum absolute atomic E-state index is 0.369. The molecule has 3 rings (SSSR count). The summed E-state index contributed by atoms with van der Waals surface area (Å²) in [5.41, 5.74) is -0.877. The molecule has 2 fully saturated rings. The van der Waals surface area contributed by atoms with Gasteiger partial charge in [0.2, 0.25) is 0 Å². The van der Waals surface area contributed by atoms with Gasteiger partial charge in [0, 0.05) is 25.2 Å². The SMILES string of the molecule is FC(F)(F)c1cc(N2C[C@@H]3CCN[C@@H]3C2)ncn1. The topological polar surface area (TPSA) is 41.0 Å². The number of fused-ring (bicyclic) bond motifs is 1. The van der Waals surface area contributed by atoms with Crippen LogP contribution in [0.2, 0.25) is 0 Å². The van der Waals surface area contributed by atoms with Gasteiger partial charge in [-0.1, -0.05) is 0 Å². The Bertz CT molecular complexity index is 436. The maximum Gasteiger partial charge on any atom is 0.433 e. The van der Waals surface area contributed by atoms with Crippen molar-refractivity contribution in [2.45, 2.75) is 18.6 Å². The Kier molecular flexibility index (Phi) is 2.65. The minimum Gasteiger partial charge on any atom is -0.355 e. The molecule has 2 aliphatic rings. The third-order valence-electron chi connectivity index (χ3n) is 3.63. The van der Waals surface area contributed by atoms with E-state index in [2.05, 4.69) is 15.3 Å². The van der Waals surface area contributed by atoms with Crippen molar-refractivity contribution in [2.75, 3.05) is 24.5 Å². The molecule has 1 N–H and O–H groups in total. The highest BCUT2D eigenvalue weighted by molar-refractivity contribution is 5.42. The molecule has 4 nitrogen and oxygen atoms in total. The normalized spacial score (nSPS) is 27.6. The molecule has 2 saturated heterocycles. The van der Waals surface area contributed by atoms with E-state index in [1.165, 1.54) is 0 Å². The second-order valence-electron chi connectivity index (χ2n) is 4.77. The molecule has 0 radical (unpaired) electrons. The summed E-state index contributed by atoms with van der Waals surface area (Å²) in [6.45, 7) is 2.49. The van der Waals surface area contributed by atoms with Gasteiger partial charge in [0.05, 0.1) is 0 Å². The van der Waals surface area contributed by atoms with Crippen LogP contribution in [0.25, 0.3) is 0 Å². The first kappa shape index (κ1) is 11.7. The third kappa shape index (κ3) is 2.03. The standard InChI is InChI=1S/C11H13F3N4/c12-11(13,14)9-3-10(17-6-16-9)18-4-7-1-2-15-8(7)5-18/h3,6-8,15H,1-2,4-5H2/t7-,8+/m0/s1. The van der Waals surface area contributed by atoms with Crippen molar-refractivity contribution in [1.82, 2.24) is 15.3 Å². The van der Waals surface area contributed by atoms with E-state index >= 15 is 0 Å². The molecule has 18 heavy (non-hydrogen) atoms. The van der Waals surface area contributed by atoms with Crippen molar-refractivity contribution in [1.29, 1.82) is 0 Å². The number of hydrogen-bond acceptors (Lipinski definition) is 4. The molecule has 7 heteroatoms. The lowest BCUT2D eigenvalue weighted by Gasteiger charge is -2.19. The van der Waals surface area contributed by atoms with Crippen molar-refractivity contribution in [3.63, 3.8) is 0 Å². The van der Waals surface area contributed by atoms with Gasteiger partial charge in [0.1, 0.15) is 17.8 Å². The molecule has 0 bridgehead atoms. The first-order valence-corrected chi connectivity index (χ1v) is 5.91. The number of hydrogen-bond donors (Lipinski definition) is 1. The molecule has 3 heterocycles. The molecular formula is C11H13F3N4. The lowest BCUT2D eigenvalue weighted by molar-refractivity contribution is -0.141. The van der Waals surface area contributed by atoms with Gasteiger partial charge in [0.15, 0.2) is 0 Å². The highest BCUT2D eigenvalue weighted by Gasteiger charge is 2.38. The van der Waals surface area contributed by atoms with Crippen LogP contribution in [-0.4, -0.2) is 35.6 Å². The second kappa shape index (κ2) is 4.08. The number of alkyl halides is 3. The van der Waals surface area contributed by atoms with Crippen LogP contribution in [0.3, 0.4) is 0 Å². The van der Waals surface area contributed by atoms with Crippen LogP contribution in [-0.2, 0) is 6.18 Å². The van der Waals surface area contributed by atoms with E-state index < -0.39 is 11.9 Å². The fourth-order valence-electron chi connectivity index (χ4n) is 2.71. The fourth-order valence-corrected chi connectivity index (χ4v) is 2.71. The smallest absolute Gasteiger partial charge is 0.355 e. The number of nitrogens with zero attached hydrogens (tertiary/aromatic N) is 3. The molecule has 0 unspecified atom stereocenters. The van der Waals surface area contributed by atoms with E-state index in [1.807, 2.05) is 4.90 Å². The van der Waals surface area contributed by atoms with E-state index in [4.69, 9.17) is 0 Å². The van der Waals surface area contributed by atoms with Gasteiger partial charge in [0.25, 0.3) is 0 Å². The van der Waals surface area contributed by atoms with E-state index in [1.54, 1.807) is 0 Å². The Morgan fingerprint density at radius 3 is 2.83 bits per heavy atom. The quantitative estimate of drug-likeness (QED) is 0.824. The first-order valence-electron chi connectivity index (χ1n) is 5.91. The Hall–Kier alpha value is -1.37. The molecule has 1 aromatic rings. The summed E-state index contributed by atoms with van der Waals surface area (Å²) in [4.78, 5) is 9.13. The van der Waals surface area contributed by atoms with Crippen LogP contribution in [0.1, 0.15) is 12.1 Å². The molecular weight excluding hydrogens is 245 g/mol. The van der Waals surface area contributed by atoms with E-state index in [-0.39, 0.29) is 0 Å². The summed E-state index contributed by atoms with van der Waals surface area (Å²) < 4.78 is 37.7. The monoisotopic (exact) mass is 258 g/mol. The largest absolute Gasteiger partial charge is 0.433 e. The number of aromatic nitrogens is 2. The highest BCUT2D eigenvalue weighted by atomic mass is 19.4. The van der Waals surface area contributed by atoms with Gasteiger partial charge in [-0.25, -0.2) is 9.97 Å². The van der Waals surface area contributed by atoms with Crippen LogP contribution in [0.15, 0.2) is 12.4 Å². The summed E-state index contributed by atoms with van der Waals surface area (Å²) in [6, 6.07) is 1.41. The van der Waals surface area contributed by atoms with Crippen molar-refractivity contribution in [3.05, 3.63) is 18.1 Å². The number of halogens is 3. The van der Waals surface area contributed by atoms with Crippen molar-refractivity contribution < 1.29 is 13.2 Å². The van der Waals surface area contributed by atoms with Crippen LogP contribution in [0, 0.1) is 5.92 Å². The van der Waals surface area contributed by atoms with Gasteiger partial charge < -0.3 is 10.2 Å². The fraction of sp³-hybridized carbons (Fsp3) is 0.636. The molecule has 0 aliphatic carbocycles. The summed E-state index contributed by atoms with van der Waals surface area (Å²) in [6.07, 6.45) is -2.34. The number of nitrogens with one attached hydrogen (secondary N) is 1. The Labute approximate surface area is 102 Å². The molecule has 0 amide bonds. The maximum atomic E-state index is 12.6. The summed E-state index contributed by atoms with van der Waals surface area (Å²) >= 11 is 0. The van der Waals surface area contributed by atoms with Crippen molar-refractivity contribution in [3.8, 4) is 0 Å². The third-order valence-corrected chi connectivity index (χ3v) is 3.63. The lowest BCUT2D eigenvalue weighted by atomic mass is 10.1. The van der Waals surface area contributed by atoms with Crippen molar-refractivity contribution >= 4 is 5.82 Å². The zero-order valence-electron chi connectivity index (χ0n) is 9.61. The molecule has 2 atom stereocenters. The predicted molar refractivity (Wildman–Crippen MR) is 59.1 cm³/mol. The summed E-state index contributed by atoms with van der Waals surface area (Å²) in [7, 11) is 0. The summed E-state index contributed by atoms with van der Waals surface area (Å²) in [5.74, 6) is 0.892. The molecule has 2 aliphatic heterocycles. The molecule has 0 aromatic carbocycles. The molecule has 98 valence electrons. The van der Waals surface area contributed by atoms with Crippen LogP contribution in [0.5, 0.6) is 0 Å². The van der Waals surface area contributed by atoms with E-state index in [0.717, 1.165) is 38.4 Å². The van der Waals surface area contributed by atoms with Gasteiger partial charge in [-0.05, 0) is 18.9 Å². The van der Waals surface area contributed by atoms with Gasteiger partial charge in [-0.15, -0.1) is 0 Å². The predicted octanol–water partition coefficient (Wildman–Crippen LogP) is 1.29. The second-order valence-corrected chi connectivity index (χ2v) is 4.77. The Morgan fingerprint density at radius 2 is 2.11 bits per heavy atom. The summed E-state index contributed by atoms with van der Waals surface area (Å²) in [5, 5.41) is 3.36. The van der Waals surface area contributed by atoms with Gasteiger partial charge in [-0.3, -0.25) is 0 Å². The molecule has 0 spiro atoms. The molecule has 0 saturated carbocycles. The van der Waals surface area contributed by atoms with Crippen LogP contribution >= 0.6 is 0 Å². The van der Waals surface area contributed by atoms with E-state index in [0.29, 0.717) is 17.8 Å². The van der Waals surface area contributed by atoms with Gasteiger partial charge >= 0.3 is 6.18 Å². The number of anilines is 1.